The van der Waals surface area contributed by atoms with Crippen molar-refractivity contribution in [1.29, 1.82) is 0 Å². The molecule has 1 aliphatic carbocycles. The van der Waals surface area contributed by atoms with Crippen LogP contribution in [0.3, 0.4) is 0 Å². The molecule has 2 heteroatoms. The van der Waals surface area contributed by atoms with Crippen molar-refractivity contribution in [3.8, 4) is 0 Å². The van der Waals surface area contributed by atoms with E-state index in [-0.39, 0.29) is 11.9 Å². The third-order valence-corrected chi connectivity index (χ3v) is 5.98. The molecule has 2 aromatic carbocycles. The first kappa shape index (κ1) is 16.4. The molecule has 1 aliphatic heterocycles. The summed E-state index contributed by atoms with van der Waals surface area (Å²) in [5.74, 6) is 0.235. The number of amides is 1. The monoisotopic (exact) mass is 333 g/mol. The summed E-state index contributed by atoms with van der Waals surface area (Å²) < 4.78 is 0. The lowest BCUT2D eigenvalue weighted by molar-refractivity contribution is 0.0472. The van der Waals surface area contributed by atoms with Crippen LogP contribution in [0, 0.1) is 13.8 Å². The number of nitrogens with zero attached hydrogens (tertiary/aromatic N) is 1. The lowest BCUT2D eigenvalue weighted by atomic mass is 9.83. The van der Waals surface area contributed by atoms with Crippen LogP contribution < -0.4 is 0 Å². The average molecular weight is 333 g/mol. The maximum absolute atomic E-state index is 13.4. The van der Waals surface area contributed by atoms with E-state index in [4.69, 9.17) is 0 Å². The van der Waals surface area contributed by atoms with Gasteiger partial charge in [-0.2, -0.15) is 0 Å². The van der Waals surface area contributed by atoms with Gasteiger partial charge in [0, 0.05) is 11.6 Å². The molecule has 1 amide bonds. The summed E-state index contributed by atoms with van der Waals surface area (Å²) in [6.45, 7) is 4.32. The number of carbonyl (C=O) groups excluding carboxylic acids is 1. The Morgan fingerprint density at radius 2 is 1.72 bits per heavy atom. The van der Waals surface area contributed by atoms with Gasteiger partial charge in [-0.3, -0.25) is 4.79 Å². The Labute approximate surface area is 150 Å². The van der Waals surface area contributed by atoms with Crippen molar-refractivity contribution in [2.24, 2.45) is 0 Å². The fourth-order valence-electron chi connectivity index (χ4n) is 4.73. The Bertz CT molecular complexity index is 788. The molecule has 0 spiro atoms. The normalized spacial score (nSPS) is 21.3. The number of carbonyl (C=O) groups is 1. The van der Waals surface area contributed by atoms with E-state index in [9.17, 15) is 4.79 Å². The van der Waals surface area contributed by atoms with Gasteiger partial charge in [-0.15, -0.1) is 0 Å². The summed E-state index contributed by atoms with van der Waals surface area (Å²) in [6.07, 6.45) is 7.03. The number of hydrogen-bond donors (Lipinski definition) is 0. The summed E-state index contributed by atoms with van der Waals surface area (Å²) in [5.41, 5.74) is 6.02. The van der Waals surface area contributed by atoms with Crippen LogP contribution in [0.15, 0.2) is 42.5 Å². The van der Waals surface area contributed by atoms with E-state index < -0.39 is 0 Å². The number of fused-ring (bicyclic) bond motifs is 1. The van der Waals surface area contributed by atoms with Crippen LogP contribution in [0.2, 0.25) is 0 Å². The van der Waals surface area contributed by atoms with Gasteiger partial charge < -0.3 is 4.90 Å². The van der Waals surface area contributed by atoms with Crippen LogP contribution in [0.1, 0.15) is 70.8 Å². The minimum Gasteiger partial charge on any atom is -0.328 e. The summed E-state index contributed by atoms with van der Waals surface area (Å²) in [4.78, 5) is 15.6. The first-order valence-corrected chi connectivity index (χ1v) is 9.63. The third-order valence-electron chi connectivity index (χ3n) is 5.98. The zero-order valence-corrected chi connectivity index (χ0v) is 15.3. The molecule has 4 rings (SSSR count). The highest BCUT2D eigenvalue weighted by atomic mass is 16.2. The van der Waals surface area contributed by atoms with Crippen LogP contribution in [-0.4, -0.2) is 16.8 Å². The largest absolute Gasteiger partial charge is 0.328 e. The SMILES string of the molecule is Cc1ccc(C2Cc3ccccc3C(=O)N2C2CCCCC2)c(C)c1. The number of rotatable bonds is 2. The molecule has 0 radical (unpaired) electrons. The van der Waals surface area contributed by atoms with Gasteiger partial charge in [-0.25, -0.2) is 0 Å². The van der Waals surface area contributed by atoms with E-state index in [0.29, 0.717) is 6.04 Å². The van der Waals surface area contributed by atoms with Crippen molar-refractivity contribution in [2.45, 2.75) is 64.5 Å². The topological polar surface area (TPSA) is 20.3 Å². The van der Waals surface area contributed by atoms with Crippen LogP contribution in [0.25, 0.3) is 0 Å². The van der Waals surface area contributed by atoms with Gasteiger partial charge in [0.15, 0.2) is 0 Å². The second-order valence-corrected chi connectivity index (χ2v) is 7.74. The van der Waals surface area contributed by atoms with Crippen molar-refractivity contribution in [1.82, 2.24) is 4.90 Å². The van der Waals surface area contributed by atoms with Crippen molar-refractivity contribution in [2.75, 3.05) is 0 Å². The van der Waals surface area contributed by atoms with Crippen molar-refractivity contribution in [3.05, 3.63) is 70.3 Å². The highest BCUT2D eigenvalue weighted by molar-refractivity contribution is 5.97. The van der Waals surface area contributed by atoms with Crippen LogP contribution in [0.5, 0.6) is 0 Å². The van der Waals surface area contributed by atoms with Crippen LogP contribution in [0.4, 0.5) is 0 Å². The lowest BCUT2D eigenvalue weighted by Gasteiger charge is -2.44. The fraction of sp³-hybridized carbons (Fsp3) is 0.435. The van der Waals surface area contributed by atoms with Crippen molar-refractivity contribution >= 4 is 5.91 Å². The van der Waals surface area contributed by atoms with Gasteiger partial charge in [-0.05, 0) is 55.9 Å². The fourth-order valence-corrected chi connectivity index (χ4v) is 4.73. The molecule has 25 heavy (non-hydrogen) atoms. The number of aryl methyl sites for hydroxylation is 2. The zero-order chi connectivity index (χ0) is 17.4. The minimum absolute atomic E-state index is 0.172. The smallest absolute Gasteiger partial charge is 0.254 e. The lowest BCUT2D eigenvalue weighted by Crippen LogP contribution is -2.47. The first-order chi connectivity index (χ1) is 12.1. The average Bonchev–Trinajstić information content (AvgIpc) is 2.62. The molecule has 2 aromatic rings. The summed E-state index contributed by atoms with van der Waals surface area (Å²) in [6, 6.07) is 15.4. The minimum atomic E-state index is 0.172. The molecule has 2 nitrogen and oxygen atoms in total. The molecule has 2 aliphatic rings. The Hall–Kier alpha value is -2.09. The molecule has 1 fully saturated rings. The molecular weight excluding hydrogens is 306 g/mol. The summed E-state index contributed by atoms with van der Waals surface area (Å²) in [7, 11) is 0. The number of benzene rings is 2. The Morgan fingerprint density at radius 1 is 0.960 bits per heavy atom. The van der Waals surface area contributed by atoms with Crippen LogP contribution in [-0.2, 0) is 6.42 Å². The second-order valence-electron chi connectivity index (χ2n) is 7.74. The third kappa shape index (κ3) is 2.99. The van der Waals surface area contributed by atoms with Gasteiger partial charge in [0.25, 0.3) is 5.91 Å². The van der Waals surface area contributed by atoms with Crippen molar-refractivity contribution in [3.63, 3.8) is 0 Å². The van der Waals surface area contributed by atoms with E-state index >= 15 is 0 Å². The molecular formula is C23H27NO. The predicted molar refractivity (Wildman–Crippen MR) is 102 cm³/mol. The molecule has 0 bridgehead atoms. The highest BCUT2D eigenvalue weighted by Gasteiger charge is 2.38. The maximum Gasteiger partial charge on any atom is 0.254 e. The van der Waals surface area contributed by atoms with Crippen LogP contribution >= 0.6 is 0 Å². The van der Waals surface area contributed by atoms with E-state index in [0.717, 1.165) is 24.8 Å². The standard InChI is InChI=1S/C23H27NO/c1-16-12-13-20(17(2)14-16)22-15-18-8-6-7-11-21(18)23(25)24(22)19-9-4-3-5-10-19/h6-8,11-14,19,22H,3-5,9-10,15H2,1-2H3. The Balaban J connectivity index is 1.79. The van der Waals surface area contributed by atoms with Gasteiger partial charge in [-0.1, -0.05) is 61.2 Å². The van der Waals surface area contributed by atoms with E-state index in [1.54, 1.807) is 0 Å². The first-order valence-electron chi connectivity index (χ1n) is 9.63. The second kappa shape index (κ2) is 6.67. The Kier molecular flexibility index (Phi) is 4.37. The molecule has 0 saturated heterocycles. The molecule has 0 N–H and O–H groups in total. The number of hydrogen-bond acceptors (Lipinski definition) is 1. The van der Waals surface area contributed by atoms with Gasteiger partial charge in [0.1, 0.15) is 0 Å². The van der Waals surface area contributed by atoms with Gasteiger partial charge in [0.05, 0.1) is 6.04 Å². The molecule has 1 saturated carbocycles. The zero-order valence-electron chi connectivity index (χ0n) is 15.3. The summed E-state index contributed by atoms with van der Waals surface area (Å²) >= 11 is 0. The van der Waals surface area contributed by atoms with Crippen molar-refractivity contribution < 1.29 is 4.79 Å². The maximum atomic E-state index is 13.4. The van der Waals surface area contributed by atoms with Gasteiger partial charge >= 0.3 is 0 Å². The molecule has 130 valence electrons. The molecule has 0 aromatic heterocycles. The van der Waals surface area contributed by atoms with E-state index in [1.165, 1.54) is 41.5 Å². The molecule has 1 heterocycles. The predicted octanol–water partition coefficient (Wildman–Crippen LogP) is 5.38. The summed E-state index contributed by atoms with van der Waals surface area (Å²) in [5, 5.41) is 0. The molecule has 1 unspecified atom stereocenters. The van der Waals surface area contributed by atoms with E-state index in [2.05, 4.69) is 49.1 Å². The van der Waals surface area contributed by atoms with Gasteiger partial charge in [0.2, 0.25) is 0 Å². The molecule has 1 atom stereocenters. The van der Waals surface area contributed by atoms with E-state index in [1.807, 2.05) is 12.1 Å². The Morgan fingerprint density at radius 3 is 2.48 bits per heavy atom. The highest BCUT2D eigenvalue weighted by Crippen LogP contribution is 2.39. The quantitative estimate of drug-likeness (QED) is 0.723.